The van der Waals surface area contributed by atoms with Crippen LogP contribution in [-0.4, -0.2) is 36.6 Å². The number of halogens is 10. The molecule has 1 unspecified atom stereocenters. The van der Waals surface area contributed by atoms with Gasteiger partial charge in [0.05, 0.1) is 11.9 Å². The number of alkyl halides is 10. The number of allylic oxidation sites excluding steroid dienone is 2. The van der Waals surface area contributed by atoms with Gasteiger partial charge in [0, 0.05) is 0 Å². The lowest BCUT2D eigenvalue weighted by molar-refractivity contribution is -0.266. The largest absolute Gasteiger partial charge is 0.461 e. The molecule has 0 saturated carbocycles. The monoisotopic (exact) mass is 410 g/mol. The Bertz CT molecular complexity index is 649. The summed E-state index contributed by atoms with van der Waals surface area (Å²) < 4.78 is 147. The van der Waals surface area contributed by atoms with Gasteiger partial charge in [-0.05, 0) is 13.8 Å². The number of rotatable bonds is 4. The maximum absolute atomic E-state index is 13.5. The molecule has 0 aliphatic carbocycles. The Morgan fingerprint density at radius 2 is 1.40 bits per heavy atom. The van der Waals surface area contributed by atoms with Crippen LogP contribution in [0.1, 0.15) is 13.8 Å². The molecule has 15 heteroatoms. The third-order valence-electron chi connectivity index (χ3n) is 2.89. The predicted octanol–water partition coefficient (Wildman–Crippen LogP) is 4.84. The van der Waals surface area contributed by atoms with Crippen molar-refractivity contribution in [1.29, 1.82) is 0 Å². The van der Waals surface area contributed by atoms with Gasteiger partial charge in [-0.25, -0.2) is 0 Å². The maximum Gasteiger partial charge on any atom is 0.461 e. The Morgan fingerprint density at radius 1 is 0.960 bits per heavy atom. The topological polar surface area (TPSA) is 50.7 Å². The summed E-state index contributed by atoms with van der Waals surface area (Å²) in [4.78, 5) is 0. The van der Waals surface area contributed by atoms with Crippen molar-refractivity contribution in [2.75, 3.05) is 6.61 Å². The summed E-state index contributed by atoms with van der Waals surface area (Å²) in [6, 6.07) is 0. The van der Waals surface area contributed by atoms with Crippen LogP contribution in [0, 0.1) is 0 Å². The van der Waals surface area contributed by atoms with Gasteiger partial charge in [0.2, 0.25) is 0 Å². The van der Waals surface area contributed by atoms with E-state index in [4.69, 9.17) is 0 Å². The van der Waals surface area contributed by atoms with Crippen LogP contribution in [0.5, 0.6) is 0 Å². The van der Waals surface area contributed by atoms with E-state index in [0.29, 0.717) is 12.2 Å². The fraction of sp³-hybridized carbons (Fsp3) is 0.700. The van der Waals surface area contributed by atoms with Crippen molar-refractivity contribution in [3.8, 4) is 0 Å². The van der Waals surface area contributed by atoms with Gasteiger partial charge in [0.1, 0.15) is 5.70 Å². The molecule has 1 aliphatic heterocycles. The summed E-state index contributed by atoms with van der Waals surface area (Å²) in [7, 11) is -5.20. The summed E-state index contributed by atoms with van der Waals surface area (Å²) in [5.74, 6) is -14.6. The van der Waals surface area contributed by atoms with Gasteiger partial charge >= 0.3 is 31.7 Å². The fourth-order valence-electron chi connectivity index (χ4n) is 1.61. The molecule has 4 nitrogen and oxygen atoms in total. The van der Waals surface area contributed by atoms with E-state index < -0.39 is 55.2 Å². The zero-order valence-corrected chi connectivity index (χ0v) is 13.1. The molecule has 1 N–H and O–H groups in total. The van der Waals surface area contributed by atoms with E-state index in [0.717, 1.165) is 6.92 Å². The Labute approximate surface area is 133 Å². The standard InChI is InChI=1S/C10H9F10N2O2P/c1-3-24-25(23)4(2)5(7(11,12)9(15,16)17)21-6(22-25)8(13,14)10(18,19)20/h3H2,1-2H3,(H,21,22,23). The molecular weight excluding hydrogens is 401 g/mol. The second-order valence-electron chi connectivity index (χ2n) is 4.62. The zero-order chi connectivity index (χ0) is 20.1. The van der Waals surface area contributed by atoms with E-state index in [1.807, 2.05) is 0 Å². The van der Waals surface area contributed by atoms with Crippen molar-refractivity contribution in [3.63, 3.8) is 0 Å². The van der Waals surface area contributed by atoms with Gasteiger partial charge in [0.15, 0.2) is 5.84 Å². The SMILES string of the molecule is CCOP1(=O)N=C(C(F)(F)C(F)(F)F)NC(C(F)(F)C(F)(F)F)=C1C. The summed E-state index contributed by atoms with van der Waals surface area (Å²) in [5.41, 5.74) is -2.45. The lowest BCUT2D eigenvalue weighted by Gasteiger charge is -2.33. The van der Waals surface area contributed by atoms with Crippen molar-refractivity contribution in [3.05, 3.63) is 11.0 Å². The minimum absolute atomic E-state index is 0.393. The van der Waals surface area contributed by atoms with E-state index in [9.17, 15) is 48.5 Å². The molecule has 0 saturated heterocycles. The molecule has 1 atom stereocenters. The third kappa shape index (κ3) is 3.64. The van der Waals surface area contributed by atoms with E-state index in [1.165, 1.54) is 0 Å². The maximum atomic E-state index is 13.5. The van der Waals surface area contributed by atoms with Gasteiger partial charge in [-0.3, -0.25) is 4.57 Å². The first kappa shape index (κ1) is 21.7. The van der Waals surface area contributed by atoms with Crippen LogP contribution in [0.25, 0.3) is 0 Å². The van der Waals surface area contributed by atoms with Crippen LogP contribution in [-0.2, 0) is 9.09 Å². The summed E-state index contributed by atoms with van der Waals surface area (Å²) >= 11 is 0. The van der Waals surface area contributed by atoms with Crippen molar-refractivity contribution in [2.45, 2.75) is 38.0 Å². The van der Waals surface area contributed by atoms with Gasteiger partial charge in [-0.15, -0.1) is 0 Å². The summed E-state index contributed by atoms with van der Waals surface area (Å²) in [6.07, 6.45) is -12.8. The molecule has 25 heavy (non-hydrogen) atoms. The number of nitrogens with one attached hydrogen (secondary N) is 1. The highest BCUT2D eigenvalue weighted by molar-refractivity contribution is 7.62. The molecule has 1 rings (SSSR count). The number of amidine groups is 1. The van der Waals surface area contributed by atoms with E-state index in [1.54, 1.807) is 0 Å². The average molecular weight is 410 g/mol. The Morgan fingerprint density at radius 3 is 1.76 bits per heavy atom. The minimum atomic E-state index is -6.40. The zero-order valence-electron chi connectivity index (χ0n) is 12.2. The highest BCUT2D eigenvalue weighted by Crippen LogP contribution is 2.62. The van der Waals surface area contributed by atoms with Crippen molar-refractivity contribution in [2.24, 2.45) is 4.76 Å². The van der Waals surface area contributed by atoms with Crippen molar-refractivity contribution in [1.82, 2.24) is 5.32 Å². The molecule has 0 radical (unpaired) electrons. The molecule has 0 aromatic rings. The van der Waals surface area contributed by atoms with E-state index >= 15 is 0 Å². The predicted molar refractivity (Wildman–Crippen MR) is 64.5 cm³/mol. The highest BCUT2D eigenvalue weighted by atomic mass is 31.2. The average Bonchev–Trinajstić information content (AvgIpc) is 2.39. The molecule has 0 aromatic heterocycles. The molecule has 1 heterocycles. The first-order chi connectivity index (χ1) is 10.9. The van der Waals surface area contributed by atoms with Crippen molar-refractivity contribution >= 4 is 13.4 Å². The molecule has 0 amide bonds. The summed E-state index contributed by atoms with van der Waals surface area (Å²) in [6.45, 7) is 0.770. The van der Waals surface area contributed by atoms with Gasteiger partial charge < -0.3 is 9.84 Å². The van der Waals surface area contributed by atoms with E-state index in [-0.39, 0.29) is 0 Å². The number of nitrogens with zero attached hydrogens (tertiary/aromatic N) is 1. The van der Waals surface area contributed by atoms with Crippen molar-refractivity contribution < 1.29 is 53.0 Å². The van der Waals surface area contributed by atoms with Gasteiger partial charge in [0.25, 0.3) is 0 Å². The lowest BCUT2D eigenvalue weighted by Crippen LogP contribution is -2.55. The highest BCUT2D eigenvalue weighted by Gasteiger charge is 2.67. The minimum Gasteiger partial charge on any atom is -0.336 e. The van der Waals surface area contributed by atoms with Crippen LogP contribution in [0.4, 0.5) is 43.9 Å². The molecule has 0 bridgehead atoms. The Kier molecular flexibility index (Phi) is 5.35. The van der Waals surface area contributed by atoms with Crippen LogP contribution in [0.3, 0.4) is 0 Å². The number of hydrogen-bond acceptors (Lipinski definition) is 3. The van der Waals surface area contributed by atoms with Crippen LogP contribution in [0.2, 0.25) is 0 Å². The second kappa shape index (κ2) is 6.15. The normalized spacial score (nSPS) is 23.4. The molecular formula is C10H9F10N2O2P. The molecule has 0 spiro atoms. The quantitative estimate of drug-likeness (QED) is 0.533. The Balaban J connectivity index is 3.65. The summed E-state index contributed by atoms with van der Waals surface area (Å²) in [5, 5.41) is -0.784. The van der Waals surface area contributed by atoms with Crippen LogP contribution < -0.4 is 5.32 Å². The number of hydrogen-bond donors (Lipinski definition) is 1. The first-order valence-electron chi connectivity index (χ1n) is 6.15. The van der Waals surface area contributed by atoms with E-state index in [2.05, 4.69) is 9.29 Å². The smallest absolute Gasteiger partial charge is 0.336 e. The fourth-order valence-corrected chi connectivity index (χ4v) is 3.27. The Hall–Kier alpha value is -1.30. The third-order valence-corrected chi connectivity index (χ3v) is 5.03. The van der Waals surface area contributed by atoms with Crippen LogP contribution in [0.15, 0.2) is 15.8 Å². The lowest BCUT2D eigenvalue weighted by atomic mass is 10.2. The molecule has 0 aromatic carbocycles. The van der Waals surface area contributed by atoms with Gasteiger partial charge in [-0.1, -0.05) is 0 Å². The van der Waals surface area contributed by atoms with Gasteiger partial charge in [-0.2, -0.15) is 48.7 Å². The second-order valence-corrected chi connectivity index (χ2v) is 6.79. The molecule has 1 aliphatic rings. The molecule has 146 valence electrons. The first-order valence-corrected chi connectivity index (χ1v) is 7.73. The molecule has 0 fully saturated rings. The van der Waals surface area contributed by atoms with Crippen LogP contribution >= 0.6 is 7.52 Å².